The third kappa shape index (κ3) is 5.15. The molecule has 1 unspecified atom stereocenters. The van der Waals surface area contributed by atoms with Gasteiger partial charge in [0.1, 0.15) is 17.4 Å². The van der Waals surface area contributed by atoms with E-state index in [2.05, 4.69) is 9.80 Å². The highest BCUT2D eigenvalue weighted by Crippen LogP contribution is 2.36. The number of benzene rings is 2. The van der Waals surface area contributed by atoms with E-state index in [0.29, 0.717) is 5.75 Å². The summed E-state index contributed by atoms with van der Waals surface area (Å²) in [4.78, 5) is 20.4. The second kappa shape index (κ2) is 10.5. The first-order valence-electron chi connectivity index (χ1n) is 13.0. The Kier molecular flexibility index (Phi) is 7.23. The zero-order valence-corrected chi connectivity index (χ0v) is 20.5. The van der Waals surface area contributed by atoms with Crippen LogP contribution in [-0.2, 0) is 11.2 Å². The van der Waals surface area contributed by atoms with E-state index in [4.69, 9.17) is 4.74 Å². The van der Waals surface area contributed by atoms with Gasteiger partial charge in [0.2, 0.25) is 5.91 Å². The van der Waals surface area contributed by atoms with Crippen LogP contribution in [0, 0.1) is 17.6 Å². The second-order valence-electron chi connectivity index (χ2n) is 10.1. The van der Waals surface area contributed by atoms with E-state index in [1.54, 1.807) is 25.3 Å². The van der Waals surface area contributed by atoms with Gasteiger partial charge in [0.25, 0.3) is 0 Å². The number of rotatable bonds is 5. The number of hydrogen-bond acceptors (Lipinski definition) is 4. The summed E-state index contributed by atoms with van der Waals surface area (Å²) in [6, 6.07) is 9.66. The molecule has 2 fully saturated rings. The number of anilines is 2. The molecule has 3 aliphatic rings. The maximum atomic E-state index is 14.0. The van der Waals surface area contributed by atoms with Crippen LogP contribution >= 0.6 is 0 Å². The number of piperazine rings is 1. The standard InChI is InChI=1S/C28H35F2N3O2/c1-35-27-18-23(30)9-12-26(27)32-15-13-31(14-16-32)19-24-10-7-21-17-22(29)8-11-25(21)33(24)28(34)20-5-3-2-4-6-20/h8-9,11-12,17-18,20,24H,2-7,10,13-16,19H2,1H3. The molecule has 1 atom stereocenters. The molecular formula is C28H35F2N3O2. The van der Waals surface area contributed by atoms with E-state index in [0.717, 1.165) is 88.2 Å². The first-order chi connectivity index (χ1) is 17.0. The molecule has 1 saturated carbocycles. The van der Waals surface area contributed by atoms with E-state index in [1.165, 1.54) is 24.6 Å². The lowest BCUT2D eigenvalue weighted by molar-refractivity contribution is -0.124. The lowest BCUT2D eigenvalue weighted by atomic mass is 9.86. The molecule has 5 rings (SSSR count). The van der Waals surface area contributed by atoms with Crippen LogP contribution in [0.5, 0.6) is 5.75 Å². The predicted octanol–water partition coefficient (Wildman–Crippen LogP) is 5.02. The van der Waals surface area contributed by atoms with Crippen molar-refractivity contribution >= 4 is 17.3 Å². The predicted molar refractivity (Wildman–Crippen MR) is 134 cm³/mol. The highest BCUT2D eigenvalue weighted by Gasteiger charge is 2.36. The van der Waals surface area contributed by atoms with E-state index >= 15 is 0 Å². The van der Waals surface area contributed by atoms with Crippen molar-refractivity contribution in [1.82, 2.24) is 4.90 Å². The Labute approximate surface area is 206 Å². The van der Waals surface area contributed by atoms with E-state index < -0.39 is 0 Å². The third-order valence-electron chi connectivity index (χ3n) is 7.93. The highest BCUT2D eigenvalue weighted by molar-refractivity contribution is 5.97. The molecule has 2 aliphatic heterocycles. The maximum absolute atomic E-state index is 14.0. The Hall–Kier alpha value is -2.67. The average Bonchev–Trinajstić information content (AvgIpc) is 2.89. The number of carbonyl (C=O) groups excluding carboxylic acids is 1. The lowest BCUT2D eigenvalue weighted by Crippen LogP contribution is -2.55. The molecule has 0 aromatic heterocycles. The number of amides is 1. The van der Waals surface area contributed by atoms with Gasteiger partial charge >= 0.3 is 0 Å². The molecule has 7 heteroatoms. The van der Waals surface area contributed by atoms with Crippen molar-refractivity contribution in [3.8, 4) is 5.75 Å². The zero-order chi connectivity index (χ0) is 24.4. The van der Waals surface area contributed by atoms with Crippen molar-refractivity contribution in [2.45, 2.75) is 51.0 Å². The molecule has 35 heavy (non-hydrogen) atoms. The smallest absolute Gasteiger partial charge is 0.230 e. The topological polar surface area (TPSA) is 36.0 Å². The van der Waals surface area contributed by atoms with Crippen LogP contribution in [0.25, 0.3) is 0 Å². The van der Waals surface area contributed by atoms with Crippen LogP contribution < -0.4 is 14.5 Å². The fourth-order valence-corrected chi connectivity index (χ4v) is 6.04. The summed E-state index contributed by atoms with van der Waals surface area (Å²) >= 11 is 0. The Balaban J connectivity index is 1.30. The van der Waals surface area contributed by atoms with Crippen molar-refractivity contribution < 1.29 is 18.3 Å². The molecule has 1 aliphatic carbocycles. The van der Waals surface area contributed by atoms with Gasteiger partial charge < -0.3 is 14.5 Å². The van der Waals surface area contributed by atoms with Gasteiger partial charge in [-0.2, -0.15) is 0 Å². The molecule has 2 aromatic rings. The largest absolute Gasteiger partial charge is 0.494 e. The quantitative estimate of drug-likeness (QED) is 0.598. The molecule has 2 aromatic carbocycles. The lowest BCUT2D eigenvalue weighted by Gasteiger charge is -2.44. The fourth-order valence-electron chi connectivity index (χ4n) is 6.04. The molecule has 0 spiro atoms. The SMILES string of the molecule is COc1cc(F)ccc1N1CCN(CC2CCc3cc(F)ccc3N2C(=O)C2CCCCC2)CC1. The van der Waals surface area contributed by atoms with Gasteiger partial charge in [-0.1, -0.05) is 19.3 Å². The minimum Gasteiger partial charge on any atom is -0.494 e. The molecule has 2 heterocycles. The van der Waals surface area contributed by atoms with Crippen molar-refractivity contribution in [1.29, 1.82) is 0 Å². The molecule has 0 radical (unpaired) electrons. The van der Waals surface area contributed by atoms with Gasteiger partial charge in [-0.25, -0.2) is 8.78 Å². The molecular weight excluding hydrogens is 448 g/mol. The van der Waals surface area contributed by atoms with Gasteiger partial charge in [0.05, 0.1) is 12.8 Å². The van der Waals surface area contributed by atoms with Crippen molar-refractivity contribution in [2.24, 2.45) is 5.92 Å². The van der Waals surface area contributed by atoms with Crippen molar-refractivity contribution in [2.75, 3.05) is 49.6 Å². The number of methoxy groups -OCH3 is 1. The zero-order valence-electron chi connectivity index (χ0n) is 20.5. The van der Waals surface area contributed by atoms with Crippen LogP contribution in [0.4, 0.5) is 20.2 Å². The fraction of sp³-hybridized carbons (Fsp3) is 0.536. The van der Waals surface area contributed by atoms with Gasteiger partial charge in [-0.05, 0) is 61.6 Å². The third-order valence-corrected chi connectivity index (χ3v) is 7.93. The van der Waals surface area contributed by atoms with Crippen LogP contribution in [-0.4, -0.2) is 56.7 Å². The molecule has 1 saturated heterocycles. The number of carbonyl (C=O) groups is 1. The number of fused-ring (bicyclic) bond motifs is 1. The maximum Gasteiger partial charge on any atom is 0.230 e. The molecule has 0 N–H and O–H groups in total. The van der Waals surface area contributed by atoms with Crippen LogP contribution in [0.15, 0.2) is 36.4 Å². The number of aryl methyl sites for hydroxylation is 1. The Morgan fingerprint density at radius 2 is 1.60 bits per heavy atom. The summed E-state index contributed by atoms with van der Waals surface area (Å²) < 4.78 is 33.0. The second-order valence-corrected chi connectivity index (χ2v) is 10.1. The van der Waals surface area contributed by atoms with Gasteiger partial charge in [-0.15, -0.1) is 0 Å². The normalized spacial score (nSPS) is 21.6. The molecule has 0 bridgehead atoms. The Bertz CT molecular complexity index is 1050. The number of hydrogen-bond donors (Lipinski definition) is 0. The monoisotopic (exact) mass is 483 g/mol. The molecule has 188 valence electrons. The number of nitrogens with zero attached hydrogens (tertiary/aromatic N) is 3. The van der Waals surface area contributed by atoms with Crippen LogP contribution in [0.3, 0.4) is 0 Å². The number of ether oxygens (including phenoxy) is 1. The molecule has 1 amide bonds. The van der Waals surface area contributed by atoms with Crippen molar-refractivity contribution in [3.05, 3.63) is 53.6 Å². The average molecular weight is 484 g/mol. The van der Waals surface area contributed by atoms with Gasteiger partial charge in [0.15, 0.2) is 0 Å². The first kappa shape index (κ1) is 24.0. The minimum absolute atomic E-state index is 0.0741. The molecule has 5 nitrogen and oxygen atoms in total. The first-order valence-corrected chi connectivity index (χ1v) is 13.0. The minimum atomic E-state index is -0.301. The summed E-state index contributed by atoms with van der Waals surface area (Å²) in [5.74, 6) is 0.310. The van der Waals surface area contributed by atoms with Crippen molar-refractivity contribution in [3.63, 3.8) is 0 Å². The van der Waals surface area contributed by atoms with E-state index in [1.807, 2.05) is 4.90 Å². The van der Waals surface area contributed by atoms with E-state index in [-0.39, 0.29) is 29.5 Å². The summed E-state index contributed by atoms with van der Waals surface area (Å²) in [5.41, 5.74) is 2.75. The van der Waals surface area contributed by atoms with Crippen LogP contribution in [0.1, 0.15) is 44.1 Å². The van der Waals surface area contributed by atoms with Gasteiger partial charge in [0, 0.05) is 56.4 Å². The van der Waals surface area contributed by atoms with Crippen LogP contribution in [0.2, 0.25) is 0 Å². The summed E-state index contributed by atoms with van der Waals surface area (Å²) in [5, 5.41) is 0. The van der Waals surface area contributed by atoms with Gasteiger partial charge in [-0.3, -0.25) is 9.69 Å². The Morgan fingerprint density at radius 1 is 0.914 bits per heavy atom. The summed E-state index contributed by atoms with van der Waals surface area (Å²) in [6.07, 6.45) is 6.98. The number of halogens is 2. The Morgan fingerprint density at radius 3 is 2.31 bits per heavy atom. The summed E-state index contributed by atoms with van der Waals surface area (Å²) in [6.45, 7) is 4.15. The highest BCUT2D eigenvalue weighted by atomic mass is 19.1. The van der Waals surface area contributed by atoms with E-state index in [9.17, 15) is 13.6 Å². The summed E-state index contributed by atoms with van der Waals surface area (Å²) in [7, 11) is 1.57.